The molecule has 1 aromatic heterocycles. The largest absolute Gasteiger partial charge is 0.380 e. The number of ether oxygens (including phenoxy) is 1. The highest BCUT2D eigenvalue weighted by Gasteiger charge is 1.97. The van der Waals surface area contributed by atoms with Crippen LogP contribution in [-0.2, 0) is 11.3 Å². The molecule has 0 aliphatic rings. The molecule has 0 atom stereocenters. The van der Waals surface area contributed by atoms with Crippen molar-refractivity contribution in [3.05, 3.63) is 47.9 Å². The van der Waals surface area contributed by atoms with Crippen LogP contribution in [-0.4, -0.2) is 42.2 Å². The van der Waals surface area contributed by atoms with Crippen LogP contribution in [0.15, 0.2) is 41.6 Å². The highest BCUT2D eigenvalue weighted by molar-refractivity contribution is 5.77. The SMILES string of the molecule is C=C/C=C(\C)CNC(=N)/N=c1/nc(CNCCOCC)cc[nH]1. The van der Waals surface area contributed by atoms with E-state index in [1.807, 2.05) is 26.0 Å². The van der Waals surface area contributed by atoms with E-state index in [0.717, 1.165) is 24.4 Å². The maximum absolute atomic E-state index is 7.81. The second-order valence-corrected chi connectivity index (χ2v) is 4.84. The van der Waals surface area contributed by atoms with Gasteiger partial charge in [0.15, 0.2) is 0 Å². The van der Waals surface area contributed by atoms with E-state index in [-0.39, 0.29) is 5.96 Å². The summed E-state index contributed by atoms with van der Waals surface area (Å²) in [6.45, 7) is 10.9. The summed E-state index contributed by atoms with van der Waals surface area (Å²) in [7, 11) is 0. The summed E-state index contributed by atoms with van der Waals surface area (Å²) in [5, 5.41) is 14.0. The maximum atomic E-state index is 7.81. The molecular formula is C16H26N6O. The van der Waals surface area contributed by atoms with Gasteiger partial charge in [-0.15, -0.1) is 0 Å². The van der Waals surface area contributed by atoms with Crippen LogP contribution in [0, 0.1) is 5.41 Å². The molecule has 0 unspecified atom stereocenters. The first-order valence-electron chi connectivity index (χ1n) is 7.64. The van der Waals surface area contributed by atoms with Crippen LogP contribution >= 0.6 is 0 Å². The van der Waals surface area contributed by atoms with E-state index < -0.39 is 0 Å². The monoisotopic (exact) mass is 318 g/mol. The Balaban J connectivity index is 2.52. The first-order chi connectivity index (χ1) is 11.2. The van der Waals surface area contributed by atoms with Gasteiger partial charge < -0.3 is 20.4 Å². The van der Waals surface area contributed by atoms with Crippen LogP contribution in [0.5, 0.6) is 0 Å². The fraction of sp³-hybridized carbons (Fsp3) is 0.438. The molecule has 1 heterocycles. The third-order valence-corrected chi connectivity index (χ3v) is 2.83. The van der Waals surface area contributed by atoms with E-state index in [0.29, 0.717) is 25.3 Å². The van der Waals surface area contributed by atoms with Crippen LogP contribution in [0.2, 0.25) is 0 Å². The molecule has 0 aromatic carbocycles. The molecule has 23 heavy (non-hydrogen) atoms. The minimum Gasteiger partial charge on any atom is -0.380 e. The molecule has 7 heteroatoms. The molecule has 1 aromatic rings. The van der Waals surface area contributed by atoms with Crippen molar-refractivity contribution in [2.24, 2.45) is 4.99 Å². The van der Waals surface area contributed by atoms with Gasteiger partial charge in [-0.05, 0) is 19.9 Å². The van der Waals surface area contributed by atoms with Gasteiger partial charge in [0, 0.05) is 32.4 Å². The first kappa shape index (κ1) is 18.8. The van der Waals surface area contributed by atoms with Gasteiger partial charge in [-0.1, -0.05) is 24.3 Å². The quantitative estimate of drug-likeness (QED) is 0.237. The number of hydrogen-bond acceptors (Lipinski definition) is 4. The van der Waals surface area contributed by atoms with Gasteiger partial charge in [-0.3, -0.25) is 5.41 Å². The van der Waals surface area contributed by atoms with E-state index in [1.54, 1.807) is 12.3 Å². The smallest absolute Gasteiger partial charge is 0.230 e. The minimum atomic E-state index is 0.0621. The zero-order valence-corrected chi connectivity index (χ0v) is 13.9. The van der Waals surface area contributed by atoms with Crippen molar-refractivity contribution < 1.29 is 4.74 Å². The number of allylic oxidation sites excluding steroid dienone is 2. The molecule has 1 rings (SSSR count). The lowest BCUT2D eigenvalue weighted by Gasteiger charge is -2.05. The van der Waals surface area contributed by atoms with Crippen LogP contribution in [0.1, 0.15) is 19.5 Å². The van der Waals surface area contributed by atoms with Crippen molar-refractivity contribution in [1.82, 2.24) is 20.6 Å². The molecule has 0 fully saturated rings. The summed E-state index contributed by atoms with van der Waals surface area (Å²) in [6, 6.07) is 1.88. The van der Waals surface area contributed by atoms with Gasteiger partial charge in [-0.2, -0.15) is 4.99 Å². The van der Waals surface area contributed by atoms with Gasteiger partial charge in [0.1, 0.15) is 0 Å². The van der Waals surface area contributed by atoms with Crippen molar-refractivity contribution in [2.45, 2.75) is 20.4 Å². The van der Waals surface area contributed by atoms with Crippen molar-refractivity contribution in [3.63, 3.8) is 0 Å². The molecule has 7 nitrogen and oxygen atoms in total. The Kier molecular flexibility index (Phi) is 9.26. The summed E-state index contributed by atoms with van der Waals surface area (Å²) < 4.78 is 5.26. The molecule has 0 saturated heterocycles. The Bertz CT molecular complexity index is 590. The highest BCUT2D eigenvalue weighted by atomic mass is 16.5. The Hall–Kier alpha value is -2.25. The van der Waals surface area contributed by atoms with Crippen LogP contribution in [0.4, 0.5) is 0 Å². The van der Waals surface area contributed by atoms with E-state index >= 15 is 0 Å². The lowest BCUT2D eigenvalue weighted by atomic mass is 10.3. The number of rotatable bonds is 9. The van der Waals surface area contributed by atoms with Crippen molar-refractivity contribution in [2.75, 3.05) is 26.3 Å². The van der Waals surface area contributed by atoms with Gasteiger partial charge in [0.05, 0.1) is 12.3 Å². The molecule has 0 bridgehead atoms. The van der Waals surface area contributed by atoms with E-state index in [2.05, 4.69) is 32.2 Å². The second kappa shape index (κ2) is 11.3. The molecular weight excluding hydrogens is 292 g/mol. The second-order valence-electron chi connectivity index (χ2n) is 4.84. The number of aromatic amines is 1. The fourth-order valence-corrected chi connectivity index (χ4v) is 1.71. The molecule has 0 aliphatic heterocycles. The number of hydrogen-bond donors (Lipinski definition) is 4. The average Bonchev–Trinajstić information content (AvgIpc) is 2.53. The summed E-state index contributed by atoms with van der Waals surface area (Å²) in [5.41, 5.74) is 2.33. The predicted molar refractivity (Wildman–Crippen MR) is 92.0 cm³/mol. The van der Waals surface area contributed by atoms with Crippen LogP contribution in [0.25, 0.3) is 0 Å². The van der Waals surface area contributed by atoms with E-state index in [9.17, 15) is 0 Å². The summed E-state index contributed by atoms with van der Waals surface area (Å²) in [4.78, 5) is 11.4. The predicted octanol–water partition coefficient (Wildman–Crippen LogP) is 1.09. The fourth-order valence-electron chi connectivity index (χ4n) is 1.71. The molecule has 0 amide bonds. The van der Waals surface area contributed by atoms with Crippen molar-refractivity contribution in [1.29, 1.82) is 5.41 Å². The van der Waals surface area contributed by atoms with E-state index in [4.69, 9.17) is 10.1 Å². The zero-order chi connectivity index (χ0) is 16.9. The molecule has 4 N–H and O–H groups in total. The molecule has 126 valence electrons. The van der Waals surface area contributed by atoms with Crippen molar-refractivity contribution >= 4 is 5.96 Å². The number of nitrogens with zero attached hydrogens (tertiary/aromatic N) is 2. The Morgan fingerprint density at radius 3 is 3.13 bits per heavy atom. The lowest BCUT2D eigenvalue weighted by Crippen LogP contribution is -2.27. The number of aromatic nitrogens is 2. The first-order valence-corrected chi connectivity index (χ1v) is 7.64. The van der Waals surface area contributed by atoms with Crippen molar-refractivity contribution in [3.8, 4) is 0 Å². The van der Waals surface area contributed by atoms with E-state index in [1.165, 1.54) is 0 Å². The topological polar surface area (TPSA) is 98.2 Å². The average molecular weight is 318 g/mol. The minimum absolute atomic E-state index is 0.0621. The summed E-state index contributed by atoms with van der Waals surface area (Å²) in [5.74, 6) is 0.0621. The highest BCUT2D eigenvalue weighted by Crippen LogP contribution is 1.90. The van der Waals surface area contributed by atoms with Gasteiger partial charge >= 0.3 is 0 Å². The molecule has 0 aliphatic carbocycles. The Morgan fingerprint density at radius 2 is 2.39 bits per heavy atom. The number of guanidine groups is 1. The summed E-state index contributed by atoms with van der Waals surface area (Å²) in [6.07, 6.45) is 5.37. The van der Waals surface area contributed by atoms with Gasteiger partial charge in [0.2, 0.25) is 11.6 Å². The zero-order valence-electron chi connectivity index (χ0n) is 13.9. The number of nitrogens with one attached hydrogen (secondary N) is 4. The van der Waals surface area contributed by atoms with Crippen LogP contribution in [0.3, 0.4) is 0 Å². The maximum Gasteiger partial charge on any atom is 0.230 e. The lowest BCUT2D eigenvalue weighted by molar-refractivity contribution is 0.149. The standard InChI is InChI=1S/C16H26N6O/c1-4-6-13(3)11-20-15(17)22-16-19-8-7-14(21-16)12-18-9-10-23-5-2/h4,6-8,18H,1,5,9-12H2,2-3H3,(H3,17,19,20,21,22)/b13-6+. The molecule has 0 saturated carbocycles. The normalized spacial score (nSPS) is 12.3. The van der Waals surface area contributed by atoms with Gasteiger partial charge in [-0.25, -0.2) is 4.98 Å². The summed E-state index contributed by atoms with van der Waals surface area (Å²) >= 11 is 0. The molecule has 0 spiro atoms. The van der Waals surface area contributed by atoms with Crippen LogP contribution < -0.4 is 16.3 Å². The molecule has 0 radical (unpaired) electrons. The Morgan fingerprint density at radius 1 is 1.57 bits per heavy atom. The third kappa shape index (κ3) is 8.70. The number of H-pyrrole nitrogens is 1. The van der Waals surface area contributed by atoms with Gasteiger partial charge in [0.25, 0.3) is 0 Å². The third-order valence-electron chi connectivity index (χ3n) is 2.83. The Labute approximate surface area is 137 Å².